The molecule has 2 heterocycles. The quantitative estimate of drug-likeness (QED) is 0.757. The van der Waals surface area contributed by atoms with Crippen molar-refractivity contribution in [2.75, 3.05) is 0 Å². The van der Waals surface area contributed by atoms with Gasteiger partial charge in [0.1, 0.15) is 0 Å². The molecule has 5 nitrogen and oxygen atoms in total. The lowest BCUT2D eigenvalue weighted by molar-refractivity contribution is 0.897. The Hall–Kier alpha value is -2.69. The second-order valence-electron chi connectivity index (χ2n) is 4.22. The minimum absolute atomic E-state index is 0.240. The largest absolute Gasteiger partial charge is 0.349 e. The molecule has 19 heavy (non-hydrogen) atoms. The van der Waals surface area contributed by atoms with E-state index in [1.165, 1.54) is 0 Å². The number of nitrogens with one attached hydrogen (secondary N) is 1. The first-order valence-electron chi connectivity index (χ1n) is 5.90. The van der Waals surface area contributed by atoms with Crippen LogP contribution in [0.2, 0.25) is 0 Å². The second-order valence-corrected chi connectivity index (χ2v) is 4.22. The van der Waals surface area contributed by atoms with Crippen molar-refractivity contribution >= 4 is 0 Å². The predicted octanol–water partition coefficient (Wildman–Crippen LogP) is 1.84. The lowest BCUT2D eigenvalue weighted by Crippen LogP contribution is -2.15. The number of nitrogens with zero attached hydrogens (tertiary/aromatic N) is 3. The maximum Gasteiger partial charge on any atom is 0.279 e. The fourth-order valence-electron chi connectivity index (χ4n) is 1.94. The number of H-pyrrole nitrogens is 1. The predicted molar refractivity (Wildman–Crippen MR) is 72.5 cm³/mol. The van der Waals surface area contributed by atoms with E-state index in [2.05, 4.69) is 15.2 Å². The summed E-state index contributed by atoms with van der Waals surface area (Å²) >= 11 is 0. The first kappa shape index (κ1) is 11.4. The number of benzene rings is 1. The normalized spacial score (nSPS) is 10.6. The van der Waals surface area contributed by atoms with Gasteiger partial charge in [-0.15, -0.1) is 10.2 Å². The lowest BCUT2D eigenvalue weighted by atomic mass is 10.2. The van der Waals surface area contributed by atoms with Crippen molar-refractivity contribution in [1.29, 1.82) is 0 Å². The van der Waals surface area contributed by atoms with Crippen LogP contribution in [-0.4, -0.2) is 19.7 Å². The molecule has 2 aromatic heterocycles. The third-order valence-corrected chi connectivity index (χ3v) is 2.93. The standard InChI is InChI=1S/C14H12N4O/c1-18-9-5-8-11(18)12-14(19)15-13(17-16-12)10-6-3-2-4-7-10/h2-9H,1H3,(H,15,17,19). The Kier molecular flexibility index (Phi) is 2.72. The van der Waals surface area contributed by atoms with E-state index in [-0.39, 0.29) is 5.56 Å². The van der Waals surface area contributed by atoms with Gasteiger partial charge in [0.25, 0.3) is 5.56 Å². The summed E-state index contributed by atoms with van der Waals surface area (Å²) in [5.41, 5.74) is 1.67. The third kappa shape index (κ3) is 2.06. The topological polar surface area (TPSA) is 63.6 Å². The average Bonchev–Trinajstić information content (AvgIpc) is 2.86. The van der Waals surface area contributed by atoms with Crippen molar-refractivity contribution in [3.8, 4) is 22.8 Å². The van der Waals surface area contributed by atoms with Crippen LogP contribution in [0.5, 0.6) is 0 Å². The maximum absolute atomic E-state index is 12.1. The van der Waals surface area contributed by atoms with Gasteiger partial charge in [-0.3, -0.25) is 4.79 Å². The van der Waals surface area contributed by atoms with Crippen molar-refractivity contribution in [1.82, 2.24) is 19.7 Å². The fraction of sp³-hybridized carbons (Fsp3) is 0.0714. The van der Waals surface area contributed by atoms with Crippen LogP contribution >= 0.6 is 0 Å². The highest BCUT2D eigenvalue weighted by atomic mass is 16.1. The molecule has 0 radical (unpaired) electrons. The molecule has 0 fully saturated rings. The average molecular weight is 252 g/mol. The molecule has 3 rings (SSSR count). The van der Waals surface area contributed by atoms with Gasteiger partial charge in [0.2, 0.25) is 0 Å². The van der Waals surface area contributed by atoms with Crippen LogP contribution < -0.4 is 5.56 Å². The van der Waals surface area contributed by atoms with E-state index in [0.29, 0.717) is 11.5 Å². The molecule has 0 aliphatic carbocycles. The van der Waals surface area contributed by atoms with Crippen LogP contribution in [0.4, 0.5) is 0 Å². The van der Waals surface area contributed by atoms with Crippen LogP contribution in [0.15, 0.2) is 53.5 Å². The Bertz CT molecular complexity index is 758. The summed E-state index contributed by atoms with van der Waals surface area (Å²) in [5, 5.41) is 8.13. The van der Waals surface area contributed by atoms with E-state index in [1.807, 2.05) is 60.3 Å². The molecule has 0 amide bonds. The molecule has 0 unspecified atom stereocenters. The summed E-state index contributed by atoms with van der Waals surface area (Å²) in [6.45, 7) is 0. The van der Waals surface area contributed by atoms with Gasteiger partial charge in [-0.1, -0.05) is 30.3 Å². The number of hydrogen-bond acceptors (Lipinski definition) is 3. The van der Waals surface area contributed by atoms with Gasteiger partial charge < -0.3 is 9.55 Å². The second kappa shape index (κ2) is 4.53. The van der Waals surface area contributed by atoms with Crippen molar-refractivity contribution in [2.24, 2.45) is 7.05 Å². The molecule has 0 spiro atoms. The molecule has 94 valence electrons. The number of rotatable bonds is 2. The SMILES string of the molecule is Cn1cccc1-c1nnc(-c2ccccc2)[nH]c1=O. The molecule has 5 heteroatoms. The van der Waals surface area contributed by atoms with E-state index in [9.17, 15) is 4.79 Å². The summed E-state index contributed by atoms with van der Waals surface area (Å²) < 4.78 is 1.83. The molecular formula is C14H12N4O. The summed E-state index contributed by atoms with van der Waals surface area (Å²) in [6.07, 6.45) is 1.86. The summed E-state index contributed by atoms with van der Waals surface area (Å²) in [6, 6.07) is 13.1. The lowest BCUT2D eigenvalue weighted by Gasteiger charge is -2.03. The highest BCUT2D eigenvalue weighted by Crippen LogP contribution is 2.14. The van der Waals surface area contributed by atoms with Gasteiger partial charge in [0.15, 0.2) is 11.5 Å². The Labute approximate surface area is 109 Å². The van der Waals surface area contributed by atoms with Gasteiger partial charge >= 0.3 is 0 Å². The molecule has 1 aromatic carbocycles. The third-order valence-electron chi connectivity index (χ3n) is 2.93. The Morgan fingerprint density at radius 2 is 1.84 bits per heavy atom. The smallest absolute Gasteiger partial charge is 0.279 e. The van der Waals surface area contributed by atoms with Gasteiger partial charge in [-0.25, -0.2) is 0 Å². The van der Waals surface area contributed by atoms with E-state index in [4.69, 9.17) is 0 Å². The first-order valence-corrected chi connectivity index (χ1v) is 5.90. The van der Waals surface area contributed by atoms with E-state index in [0.717, 1.165) is 11.3 Å². The number of hydrogen-bond donors (Lipinski definition) is 1. The van der Waals surface area contributed by atoms with Crippen molar-refractivity contribution < 1.29 is 0 Å². The molecule has 0 bridgehead atoms. The number of aromatic amines is 1. The van der Waals surface area contributed by atoms with Crippen LogP contribution in [0.3, 0.4) is 0 Å². The van der Waals surface area contributed by atoms with Crippen molar-refractivity contribution in [2.45, 2.75) is 0 Å². The minimum Gasteiger partial charge on any atom is -0.349 e. The van der Waals surface area contributed by atoms with Gasteiger partial charge in [0.05, 0.1) is 5.69 Å². The Morgan fingerprint density at radius 1 is 1.05 bits per heavy atom. The molecule has 1 N–H and O–H groups in total. The first-order chi connectivity index (χ1) is 9.25. The molecule has 0 saturated heterocycles. The van der Waals surface area contributed by atoms with E-state index >= 15 is 0 Å². The van der Waals surface area contributed by atoms with Crippen LogP contribution in [-0.2, 0) is 7.05 Å². The Balaban J connectivity index is 2.09. The zero-order valence-electron chi connectivity index (χ0n) is 10.4. The van der Waals surface area contributed by atoms with Crippen LogP contribution in [0.25, 0.3) is 22.8 Å². The zero-order valence-corrected chi connectivity index (χ0v) is 10.4. The summed E-state index contributed by atoms with van der Waals surface area (Å²) in [5.74, 6) is 0.476. The Morgan fingerprint density at radius 3 is 2.47 bits per heavy atom. The van der Waals surface area contributed by atoms with Gasteiger partial charge in [-0.2, -0.15) is 0 Å². The molecular weight excluding hydrogens is 240 g/mol. The van der Waals surface area contributed by atoms with E-state index < -0.39 is 0 Å². The maximum atomic E-state index is 12.1. The highest BCUT2D eigenvalue weighted by Gasteiger charge is 2.10. The number of aromatic nitrogens is 4. The van der Waals surface area contributed by atoms with Gasteiger partial charge in [-0.05, 0) is 12.1 Å². The van der Waals surface area contributed by atoms with Crippen LogP contribution in [0, 0.1) is 0 Å². The molecule has 0 saturated carbocycles. The van der Waals surface area contributed by atoms with Gasteiger partial charge in [0, 0.05) is 18.8 Å². The number of aryl methyl sites for hydroxylation is 1. The molecule has 0 atom stereocenters. The highest BCUT2D eigenvalue weighted by molar-refractivity contribution is 5.57. The zero-order chi connectivity index (χ0) is 13.2. The van der Waals surface area contributed by atoms with Crippen molar-refractivity contribution in [3.05, 3.63) is 59.0 Å². The summed E-state index contributed by atoms with van der Waals surface area (Å²) in [7, 11) is 1.86. The van der Waals surface area contributed by atoms with E-state index in [1.54, 1.807) is 0 Å². The monoisotopic (exact) mass is 252 g/mol. The van der Waals surface area contributed by atoms with Crippen LogP contribution in [0.1, 0.15) is 0 Å². The molecule has 0 aliphatic rings. The molecule has 0 aliphatic heterocycles. The summed E-state index contributed by atoms with van der Waals surface area (Å²) in [4.78, 5) is 14.9. The molecule has 3 aromatic rings. The fourth-order valence-corrected chi connectivity index (χ4v) is 1.94. The minimum atomic E-state index is -0.240. The van der Waals surface area contributed by atoms with Crippen molar-refractivity contribution in [3.63, 3.8) is 0 Å².